The number of hydrogen-bond donors (Lipinski definition) is 2. The molecule has 3 aromatic carbocycles. The molecule has 0 saturated heterocycles. The molecule has 0 aliphatic carbocycles. The number of alkyl halides is 2. The smallest absolute Gasteiger partial charge is 0.387 e. The summed E-state index contributed by atoms with van der Waals surface area (Å²) < 4.78 is 40.9. The molecule has 0 aliphatic rings. The summed E-state index contributed by atoms with van der Waals surface area (Å²) in [5, 5.41) is 21.1. The second kappa shape index (κ2) is 9.84. The summed E-state index contributed by atoms with van der Waals surface area (Å²) in [6.07, 6.45) is -0.332. The Balaban J connectivity index is 2.00. The SMILES string of the molecule is COC(=O)C[C@H](c1cccc(OC(F)F)c1)c1c(O)cc(O)c2c(=O)cc(-c3ccccc3)oc12. The van der Waals surface area contributed by atoms with Crippen LogP contribution in [0.4, 0.5) is 8.78 Å². The van der Waals surface area contributed by atoms with Crippen molar-refractivity contribution in [1.29, 1.82) is 0 Å². The van der Waals surface area contributed by atoms with Gasteiger partial charge in [-0.15, -0.1) is 0 Å². The number of halogens is 2. The Morgan fingerprint density at radius 2 is 1.74 bits per heavy atom. The van der Waals surface area contributed by atoms with Gasteiger partial charge in [-0.05, 0) is 17.7 Å². The minimum atomic E-state index is -3.07. The highest BCUT2D eigenvalue weighted by Gasteiger charge is 2.28. The van der Waals surface area contributed by atoms with E-state index in [2.05, 4.69) is 4.74 Å². The van der Waals surface area contributed by atoms with Crippen LogP contribution in [-0.2, 0) is 9.53 Å². The Hall–Kier alpha value is -4.40. The first-order valence-electron chi connectivity index (χ1n) is 10.5. The van der Waals surface area contributed by atoms with Gasteiger partial charge in [0.15, 0.2) is 5.43 Å². The molecule has 0 saturated carbocycles. The molecule has 1 atom stereocenters. The summed E-state index contributed by atoms with van der Waals surface area (Å²) in [4.78, 5) is 25.3. The zero-order valence-electron chi connectivity index (χ0n) is 18.4. The van der Waals surface area contributed by atoms with Gasteiger partial charge in [0.1, 0.15) is 34.0 Å². The van der Waals surface area contributed by atoms with Crippen molar-refractivity contribution in [1.82, 2.24) is 0 Å². The third-order valence-corrected chi connectivity index (χ3v) is 5.49. The van der Waals surface area contributed by atoms with E-state index in [0.717, 1.165) is 6.07 Å². The molecule has 4 aromatic rings. The molecule has 0 unspecified atom stereocenters. The number of carbonyl (C=O) groups excluding carboxylic acids is 1. The highest BCUT2D eigenvalue weighted by molar-refractivity contribution is 5.90. The third kappa shape index (κ3) is 4.93. The average molecular weight is 482 g/mol. The highest BCUT2D eigenvalue weighted by atomic mass is 19.3. The van der Waals surface area contributed by atoms with Crippen molar-refractivity contribution >= 4 is 16.9 Å². The molecule has 0 fully saturated rings. The van der Waals surface area contributed by atoms with Crippen LogP contribution in [0, 0.1) is 0 Å². The average Bonchev–Trinajstić information content (AvgIpc) is 2.83. The van der Waals surface area contributed by atoms with E-state index in [9.17, 15) is 28.6 Å². The molecule has 0 bridgehead atoms. The number of phenolic OH excluding ortho intramolecular Hbond substituents is 2. The molecule has 0 radical (unpaired) electrons. The fourth-order valence-corrected chi connectivity index (χ4v) is 3.95. The van der Waals surface area contributed by atoms with Gasteiger partial charge in [0.25, 0.3) is 0 Å². The number of methoxy groups -OCH3 is 1. The van der Waals surface area contributed by atoms with E-state index in [1.165, 1.54) is 31.4 Å². The van der Waals surface area contributed by atoms with Gasteiger partial charge in [0, 0.05) is 29.2 Å². The van der Waals surface area contributed by atoms with Gasteiger partial charge >= 0.3 is 12.6 Å². The van der Waals surface area contributed by atoms with E-state index in [0.29, 0.717) is 11.1 Å². The first kappa shape index (κ1) is 23.7. The predicted molar refractivity (Wildman–Crippen MR) is 123 cm³/mol. The van der Waals surface area contributed by atoms with Crippen molar-refractivity contribution in [3.8, 4) is 28.6 Å². The monoisotopic (exact) mass is 482 g/mol. The minimum Gasteiger partial charge on any atom is -0.507 e. The molecule has 0 amide bonds. The van der Waals surface area contributed by atoms with Crippen LogP contribution in [0.25, 0.3) is 22.3 Å². The Kier molecular flexibility index (Phi) is 6.68. The Morgan fingerprint density at radius 1 is 1.00 bits per heavy atom. The van der Waals surface area contributed by atoms with Crippen LogP contribution in [0.2, 0.25) is 0 Å². The number of benzene rings is 3. The van der Waals surface area contributed by atoms with E-state index >= 15 is 0 Å². The van der Waals surface area contributed by atoms with Crippen LogP contribution in [0.1, 0.15) is 23.5 Å². The highest BCUT2D eigenvalue weighted by Crippen LogP contribution is 2.43. The summed E-state index contributed by atoms with van der Waals surface area (Å²) in [5.74, 6) is -2.64. The van der Waals surface area contributed by atoms with Gasteiger partial charge in [0.2, 0.25) is 0 Å². The van der Waals surface area contributed by atoms with Gasteiger partial charge < -0.3 is 24.1 Å². The van der Waals surface area contributed by atoms with Crippen LogP contribution in [-0.4, -0.2) is 29.9 Å². The Labute approximate surface area is 197 Å². The van der Waals surface area contributed by atoms with Crippen molar-refractivity contribution in [3.05, 3.63) is 88.1 Å². The largest absolute Gasteiger partial charge is 0.507 e. The summed E-state index contributed by atoms with van der Waals surface area (Å²) in [7, 11) is 1.18. The minimum absolute atomic E-state index is 0.00674. The maximum absolute atomic E-state index is 13.0. The fraction of sp³-hybridized carbons (Fsp3) is 0.154. The second-order valence-corrected chi connectivity index (χ2v) is 7.66. The summed E-state index contributed by atoms with van der Waals surface area (Å²) in [6.45, 7) is -3.07. The molecular formula is C26H20F2O7. The zero-order chi connectivity index (χ0) is 25.1. The van der Waals surface area contributed by atoms with E-state index in [1.54, 1.807) is 36.4 Å². The van der Waals surface area contributed by atoms with Gasteiger partial charge in [-0.25, -0.2) is 0 Å². The zero-order valence-corrected chi connectivity index (χ0v) is 18.4. The molecular weight excluding hydrogens is 462 g/mol. The number of carbonyl (C=O) groups is 1. The number of ether oxygens (including phenoxy) is 2. The standard InChI is InChI=1S/C26H20F2O7/c1-33-22(32)11-17(15-8-5-9-16(10-15)34-26(27)28)23-18(29)12-19(30)24-20(31)13-21(35-25(23)24)14-6-3-2-4-7-14/h2-10,12-13,17,26,29-30H,11H2,1H3/t17-/m1/s1. The first-order chi connectivity index (χ1) is 16.8. The summed E-state index contributed by atoms with van der Waals surface area (Å²) in [6, 6.07) is 16.5. The first-order valence-corrected chi connectivity index (χ1v) is 10.5. The second-order valence-electron chi connectivity index (χ2n) is 7.66. The molecule has 9 heteroatoms. The van der Waals surface area contributed by atoms with Crippen molar-refractivity contribution < 1.29 is 37.7 Å². The van der Waals surface area contributed by atoms with Gasteiger partial charge in [0.05, 0.1) is 13.5 Å². The number of phenols is 2. The molecule has 1 aromatic heterocycles. The van der Waals surface area contributed by atoms with E-state index in [-0.39, 0.29) is 34.5 Å². The van der Waals surface area contributed by atoms with Crippen molar-refractivity contribution in [2.24, 2.45) is 0 Å². The molecule has 180 valence electrons. The van der Waals surface area contributed by atoms with Crippen LogP contribution in [0.3, 0.4) is 0 Å². The molecule has 0 spiro atoms. The van der Waals surface area contributed by atoms with Crippen molar-refractivity contribution in [2.75, 3.05) is 7.11 Å². The quantitative estimate of drug-likeness (QED) is 0.350. The molecule has 1 heterocycles. The summed E-state index contributed by atoms with van der Waals surface area (Å²) >= 11 is 0. The lowest BCUT2D eigenvalue weighted by Gasteiger charge is -2.21. The van der Waals surface area contributed by atoms with Crippen molar-refractivity contribution in [2.45, 2.75) is 19.0 Å². The lowest BCUT2D eigenvalue weighted by atomic mass is 9.86. The Bertz CT molecular complexity index is 1430. The number of rotatable bonds is 7. The lowest BCUT2D eigenvalue weighted by Crippen LogP contribution is -2.13. The lowest BCUT2D eigenvalue weighted by molar-refractivity contribution is -0.140. The van der Waals surface area contributed by atoms with E-state index in [4.69, 9.17) is 9.15 Å². The molecule has 0 aliphatic heterocycles. The number of aromatic hydroxyl groups is 2. The van der Waals surface area contributed by atoms with E-state index in [1.807, 2.05) is 0 Å². The number of fused-ring (bicyclic) bond motifs is 1. The molecule has 35 heavy (non-hydrogen) atoms. The fourth-order valence-electron chi connectivity index (χ4n) is 3.95. The predicted octanol–water partition coefficient (Wildman–Crippen LogP) is 5.17. The molecule has 7 nitrogen and oxygen atoms in total. The van der Waals surface area contributed by atoms with Crippen LogP contribution in [0.15, 0.2) is 75.9 Å². The topological polar surface area (TPSA) is 106 Å². The maximum atomic E-state index is 13.0. The van der Waals surface area contributed by atoms with Crippen LogP contribution >= 0.6 is 0 Å². The van der Waals surface area contributed by atoms with Gasteiger partial charge in [-0.1, -0.05) is 42.5 Å². The molecule has 2 N–H and O–H groups in total. The maximum Gasteiger partial charge on any atom is 0.387 e. The van der Waals surface area contributed by atoms with E-state index < -0.39 is 35.4 Å². The normalized spacial score (nSPS) is 12.0. The van der Waals surface area contributed by atoms with Crippen LogP contribution in [0.5, 0.6) is 17.2 Å². The van der Waals surface area contributed by atoms with Gasteiger partial charge in [-0.3, -0.25) is 9.59 Å². The number of esters is 1. The summed E-state index contributed by atoms with van der Waals surface area (Å²) in [5.41, 5.74) is 0.159. The third-order valence-electron chi connectivity index (χ3n) is 5.49. The Morgan fingerprint density at radius 3 is 2.43 bits per heavy atom. The molecule has 4 rings (SSSR count). The van der Waals surface area contributed by atoms with Crippen LogP contribution < -0.4 is 10.2 Å². The van der Waals surface area contributed by atoms with Crippen molar-refractivity contribution in [3.63, 3.8) is 0 Å². The number of hydrogen-bond acceptors (Lipinski definition) is 7. The van der Waals surface area contributed by atoms with Gasteiger partial charge in [-0.2, -0.15) is 8.78 Å².